The van der Waals surface area contributed by atoms with Gasteiger partial charge in [-0.15, -0.1) is 0 Å². The molecule has 2 fully saturated rings. The largest absolute Gasteiger partial charge is 0.339 e. The van der Waals surface area contributed by atoms with Crippen LogP contribution in [0.4, 0.5) is 15.8 Å². The Hall–Kier alpha value is -3.49. The third kappa shape index (κ3) is 4.21. The number of aryl methyl sites for hydroxylation is 1. The fourth-order valence-electron chi connectivity index (χ4n) is 4.01. The standard InChI is InChI=1S/C22H23FN4O4/c1-25-12-15(21(30)26-8-2-3-9-26)10-18(22(25)31)24-20(29)14-11-19(28)27(13-14)17-6-4-16(23)5-7-17/h4-7,10,12,14H,2-3,8-9,11,13H2,1H3,(H,24,29). The molecule has 8 nitrogen and oxygen atoms in total. The van der Waals surface area contributed by atoms with Crippen LogP contribution < -0.4 is 15.8 Å². The first kappa shape index (κ1) is 20.8. The molecule has 31 heavy (non-hydrogen) atoms. The molecule has 1 aromatic heterocycles. The maximum absolute atomic E-state index is 13.2. The molecule has 1 unspecified atom stereocenters. The molecule has 1 aromatic carbocycles. The Morgan fingerprint density at radius 2 is 1.77 bits per heavy atom. The number of pyridine rings is 1. The average Bonchev–Trinajstić information content (AvgIpc) is 3.41. The Morgan fingerprint density at radius 3 is 2.45 bits per heavy atom. The number of likely N-dealkylation sites (tertiary alicyclic amines) is 1. The summed E-state index contributed by atoms with van der Waals surface area (Å²) in [5.74, 6) is -1.98. The van der Waals surface area contributed by atoms with Crippen molar-refractivity contribution >= 4 is 29.1 Å². The summed E-state index contributed by atoms with van der Waals surface area (Å²) in [6, 6.07) is 6.87. The van der Waals surface area contributed by atoms with Crippen LogP contribution in [0.3, 0.4) is 0 Å². The highest BCUT2D eigenvalue weighted by Crippen LogP contribution is 2.26. The fraction of sp³-hybridized carbons (Fsp3) is 0.364. The Bertz CT molecular complexity index is 1090. The summed E-state index contributed by atoms with van der Waals surface area (Å²) in [6.45, 7) is 1.47. The zero-order valence-corrected chi connectivity index (χ0v) is 17.1. The van der Waals surface area contributed by atoms with E-state index < -0.39 is 23.2 Å². The minimum atomic E-state index is -0.666. The van der Waals surface area contributed by atoms with Crippen molar-refractivity contribution in [2.24, 2.45) is 13.0 Å². The highest BCUT2D eigenvalue weighted by molar-refractivity contribution is 6.04. The monoisotopic (exact) mass is 426 g/mol. The third-order valence-electron chi connectivity index (χ3n) is 5.72. The van der Waals surface area contributed by atoms with Gasteiger partial charge in [0, 0.05) is 45.0 Å². The van der Waals surface area contributed by atoms with E-state index in [1.165, 1.54) is 53.0 Å². The molecule has 2 saturated heterocycles. The predicted molar refractivity (Wildman–Crippen MR) is 112 cm³/mol. The van der Waals surface area contributed by atoms with Gasteiger partial charge in [0.25, 0.3) is 11.5 Å². The maximum Gasteiger partial charge on any atom is 0.274 e. The van der Waals surface area contributed by atoms with Crippen molar-refractivity contribution in [2.45, 2.75) is 19.3 Å². The lowest BCUT2D eigenvalue weighted by atomic mass is 10.1. The molecule has 0 saturated carbocycles. The van der Waals surface area contributed by atoms with Gasteiger partial charge in [0.2, 0.25) is 11.8 Å². The lowest BCUT2D eigenvalue weighted by molar-refractivity contribution is -0.122. The molecule has 1 atom stereocenters. The highest BCUT2D eigenvalue weighted by Gasteiger charge is 2.35. The molecule has 0 spiro atoms. The van der Waals surface area contributed by atoms with Crippen LogP contribution in [-0.4, -0.2) is 46.8 Å². The van der Waals surface area contributed by atoms with Crippen LogP contribution in [0.2, 0.25) is 0 Å². The Morgan fingerprint density at radius 1 is 1.10 bits per heavy atom. The molecular weight excluding hydrogens is 403 g/mol. The van der Waals surface area contributed by atoms with E-state index in [0.29, 0.717) is 24.3 Å². The van der Waals surface area contributed by atoms with Gasteiger partial charge in [-0.05, 0) is 43.2 Å². The van der Waals surface area contributed by atoms with Crippen LogP contribution in [0.1, 0.15) is 29.6 Å². The predicted octanol–water partition coefficient (Wildman–Crippen LogP) is 1.75. The lowest BCUT2D eigenvalue weighted by Crippen LogP contribution is -2.32. The van der Waals surface area contributed by atoms with Gasteiger partial charge >= 0.3 is 0 Å². The van der Waals surface area contributed by atoms with E-state index in [1.807, 2.05) is 0 Å². The molecule has 3 heterocycles. The number of carbonyl (C=O) groups is 3. The van der Waals surface area contributed by atoms with E-state index in [1.54, 1.807) is 4.90 Å². The summed E-state index contributed by atoms with van der Waals surface area (Å²) in [7, 11) is 1.52. The van der Waals surface area contributed by atoms with Crippen molar-refractivity contribution in [3.8, 4) is 0 Å². The number of hydrogen-bond acceptors (Lipinski definition) is 4. The number of nitrogens with zero attached hydrogens (tertiary/aromatic N) is 3. The quantitative estimate of drug-likeness (QED) is 0.806. The number of amides is 3. The topological polar surface area (TPSA) is 91.7 Å². The van der Waals surface area contributed by atoms with Crippen LogP contribution in [0.15, 0.2) is 41.3 Å². The van der Waals surface area contributed by atoms with Gasteiger partial charge in [0.1, 0.15) is 11.5 Å². The highest BCUT2D eigenvalue weighted by atomic mass is 19.1. The Balaban J connectivity index is 1.50. The molecule has 2 aliphatic heterocycles. The minimum Gasteiger partial charge on any atom is -0.339 e. The van der Waals surface area contributed by atoms with Crippen LogP contribution in [0.25, 0.3) is 0 Å². The minimum absolute atomic E-state index is 0.00484. The van der Waals surface area contributed by atoms with Gasteiger partial charge in [-0.1, -0.05) is 0 Å². The first-order valence-electron chi connectivity index (χ1n) is 10.2. The van der Waals surface area contributed by atoms with Crippen LogP contribution in [-0.2, 0) is 16.6 Å². The van der Waals surface area contributed by atoms with E-state index in [4.69, 9.17) is 0 Å². The van der Waals surface area contributed by atoms with Crippen LogP contribution in [0, 0.1) is 11.7 Å². The summed E-state index contributed by atoms with van der Waals surface area (Å²) in [5, 5.41) is 2.60. The summed E-state index contributed by atoms with van der Waals surface area (Å²) in [4.78, 5) is 53.5. The zero-order chi connectivity index (χ0) is 22.1. The molecule has 3 amide bonds. The molecule has 4 rings (SSSR count). The average molecular weight is 426 g/mol. The first-order chi connectivity index (χ1) is 14.8. The van der Waals surface area contributed by atoms with E-state index >= 15 is 0 Å². The van der Waals surface area contributed by atoms with Crippen molar-refractivity contribution in [3.63, 3.8) is 0 Å². The van der Waals surface area contributed by atoms with Crippen LogP contribution in [0.5, 0.6) is 0 Å². The summed E-state index contributed by atoms with van der Waals surface area (Å²) in [6.07, 6.45) is 3.34. The van der Waals surface area contributed by atoms with Gasteiger partial charge in [-0.2, -0.15) is 0 Å². The number of halogens is 1. The maximum atomic E-state index is 13.2. The first-order valence-corrected chi connectivity index (χ1v) is 10.2. The Kier molecular flexibility index (Phi) is 5.58. The normalized spacial score (nSPS) is 18.5. The van der Waals surface area contributed by atoms with Gasteiger partial charge in [-0.3, -0.25) is 19.2 Å². The molecule has 0 aliphatic carbocycles. The van der Waals surface area contributed by atoms with Crippen molar-refractivity contribution in [1.82, 2.24) is 9.47 Å². The number of rotatable bonds is 4. The molecule has 2 aromatic rings. The van der Waals surface area contributed by atoms with E-state index in [9.17, 15) is 23.6 Å². The number of aromatic nitrogens is 1. The second-order valence-corrected chi connectivity index (χ2v) is 7.93. The molecule has 0 bridgehead atoms. The summed E-state index contributed by atoms with van der Waals surface area (Å²) in [5.41, 5.74) is 0.404. The third-order valence-corrected chi connectivity index (χ3v) is 5.72. The zero-order valence-electron chi connectivity index (χ0n) is 17.1. The number of anilines is 2. The molecule has 2 aliphatic rings. The van der Waals surface area contributed by atoms with E-state index in [-0.39, 0.29) is 30.5 Å². The van der Waals surface area contributed by atoms with Crippen LogP contribution >= 0.6 is 0 Å². The molecule has 1 N–H and O–H groups in total. The van der Waals surface area contributed by atoms with E-state index in [2.05, 4.69) is 5.32 Å². The summed E-state index contributed by atoms with van der Waals surface area (Å²) >= 11 is 0. The SMILES string of the molecule is Cn1cc(C(=O)N2CCCC2)cc(NC(=O)C2CC(=O)N(c3ccc(F)cc3)C2)c1=O. The van der Waals surface area contributed by atoms with Crippen molar-refractivity contribution < 1.29 is 18.8 Å². The number of nitrogens with one attached hydrogen (secondary N) is 1. The number of carbonyl (C=O) groups excluding carboxylic acids is 3. The van der Waals surface area contributed by atoms with Gasteiger partial charge in [0.05, 0.1) is 11.5 Å². The summed E-state index contributed by atoms with van der Waals surface area (Å²) < 4.78 is 14.4. The smallest absolute Gasteiger partial charge is 0.274 e. The molecule has 9 heteroatoms. The van der Waals surface area contributed by atoms with Gasteiger partial charge in [0.15, 0.2) is 0 Å². The number of hydrogen-bond donors (Lipinski definition) is 1. The van der Waals surface area contributed by atoms with Gasteiger partial charge < -0.3 is 19.7 Å². The van der Waals surface area contributed by atoms with Crippen molar-refractivity contribution in [3.05, 3.63) is 58.3 Å². The van der Waals surface area contributed by atoms with Crippen molar-refractivity contribution in [2.75, 3.05) is 29.9 Å². The second kappa shape index (κ2) is 8.33. The lowest BCUT2D eigenvalue weighted by Gasteiger charge is -2.18. The number of benzene rings is 1. The Labute approximate surface area is 178 Å². The fourth-order valence-corrected chi connectivity index (χ4v) is 4.01. The van der Waals surface area contributed by atoms with Gasteiger partial charge in [-0.25, -0.2) is 4.39 Å². The second-order valence-electron chi connectivity index (χ2n) is 7.93. The van der Waals surface area contributed by atoms with Crippen molar-refractivity contribution in [1.29, 1.82) is 0 Å². The molecule has 162 valence electrons. The molecular formula is C22H23FN4O4. The molecule has 0 radical (unpaired) electrons. The van der Waals surface area contributed by atoms with E-state index in [0.717, 1.165) is 12.8 Å².